The number of hydrogen-bond acceptors (Lipinski definition) is 9. The molecule has 0 saturated heterocycles. The van der Waals surface area contributed by atoms with Crippen molar-refractivity contribution in [3.63, 3.8) is 0 Å². The van der Waals surface area contributed by atoms with Crippen molar-refractivity contribution in [3.8, 4) is 0 Å². The zero-order valence-corrected chi connectivity index (χ0v) is 37.7. The second-order valence-electron chi connectivity index (χ2n) is 20.3. The highest BCUT2D eigenvalue weighted by Gasteiger charge is 2.48. The largest absolute Gasteiger partial charge is 0.375 e. The van der Waals surface area contributed by atoms with E-state index >= 15 is 0 Å². The van der Waals surface area contributed by atoms with Crippen LogP contribution in [0.1, 0.15) is 136 Å². The van der Waals surface area contributed by atoms with E-state index in [9.17, 15) is 28.8 Å². The average Bonchev–Trinajstić information content (AvgIpc) is 3.74. The fourth-order valence-electron chi connectivity index (χ4n) is 8.65. The van der Waals surface area contributed by atoms with E-state index in [1.165, 1.54) is 51.2 Å². The summed E-state index contributed by atoms with van der Waals surface area (Å²) in [4.78, 5) is 79.5. The lowest BCUT2D eigenvalue weighted by molar-refractivity contribution is -0.149. The second kappa shape index (κ2) is 17.0. The molecule has 12 nitrogen and oxygen atoms in total. The standard InChI is InChI=1S/C45H71N3O9/c1-17-45(27-39(5,6)55-24-30(2)42(11,12)46-33(49)18-19-34(46)50,28-40(7,8)56-25-31(3)43(13,14)47-35(51)20-21-36(47)52)29-41(9,10)57-26-32(4)44(15,16)48-37(53)22-23-38(48)54/h18-23,30-32H,17,24-29H2,1-16H3. The number of hydrogen-bond donors (Lipinski definition) is 0. The summed E-state index contributed by atoms with van der Waals surface area (Å²) in [6, 6.07) is 0. The van der Waals surface area contributed by atoms with E-state index in [2.05, 4.69) is 48.5 Å². The Morgan fingerprint density at radius 1 is 0.421 bits per heavy atom. The van der Waals surface area contributed by atoms with Crippen LogP contribution in [0.5, 0.6) is 0 Å². The quantitative estimate of drug-likeness (QED) is 0.106. The third-order valence-electron chi connectivity index (χ3n) is 13.1. The molecule has 0 spiro atoms. The predicted octanol–water partition coefficient (Wildman–Crippen LogP) is 6.96. The van der Waals surface area contributed by atoms with Crippen LogP contribution in [0.3, 0.4) is 0 Å². The van der Waals surface area contributed by atoms with E-state index in [0.29, 0.717) is 39.1 Å². The molecule has 0 aliphatic carbocycles. The van der Waals surface area contributed by atoms with Gasteiger partial charge in [0, 0.05) is 54.2 Å². The minimum atomic E-state index is -0.781. The van der Waals surface area contributed by atoms with Crippen LogP contribution in [0.15, 0.2) is 36.5 Å². The lowest BCUT2D eigenvalue weighted by Crippen LogP contribution is -2.54. The lowest BCUT2D eigenvalue weighted by atomic mass is 9.65. The number of rotatable bonds is 22. The molecule has 6 amide bonds. The molecule has 0 N–H and O–H groups in total. The molecule has 3 aliphatic heterocycles. The van der Waals surface area contributed by atoms with E-state index < -0.39 is 38.8 Å². The maximum Gasteiger partial charge on any atom is 0.254 e. The third-order valence-corrected chi connectivity index (χ3v) is 13.1. The van der Waals surface area contributed by atoms with Gasteiger partial charge in [0.05, 0.1) is 53.2 Å². The first-order valence-corrected chi connectivity index (χ1v) is 20.5. The molecule has 3 rings (SSSR count). The van der Waals surface area contributed by atoms with Crippen molar-refractivity contribution in [1.82, 2.24) is 14.7 Å². The number of carbonyl (C=O) groups is 6. The summed E-state index contributed by atoms with van der Waals surface area (Å²) in [5.41, 5.74) is -4.69. The summed E-state index contributed by atoms with van der Waals surface area (Å²) in [6.45, 7) is 32.8. The fourth-order valence-corrected chi connectivity index (χ4v) is 8.65. The van der Waals surface area contributed by atoms with Gasteiger partial charge in [-0.15, -0.1) is 0 Å². The van der Waals surface area contributed by atoms with Gasteiger partial charge in [0.15, 0.2) is 0 Å². The van der Waals surface area contributed by atoms with Gasteiger partial charge in [-0.25, -0.2) is 0 Å². The van der Waals surface area contributed by atoms with Gasteiger partial charge in [-0.1, -0.05) is 34.1 Å². The van der Waals surface area contributed by atoms with Crippen molar-refractivity contribution >= 4 is 35.4 Å². The first-order valence-electron chi connectivity index (χ1n) is 20.5. The zero-order valence-electron chi connectivity index (χ0n) is 37.7. The molecular formula is C45H71N3O9. The molecule has 3 unspecified atom stereocenters. The molecule has 0 aromatic rings. The van der Waals surface area contributed by atoms with Crippen molar-refractivity contribution in [1.29, 1.82) is 0 Å². The highest BCUT2D eigenvalue weighted by molar-refractivity contribution is 6.14. The van der Waals surface area contributed by atoms with Gasteiger partial charge < -0.3 is 14.2 Å². The number of nitrogens with zero attached hydrogens (tertiary/aromatic N) is 3. The molecule has 0 bridgehead atoms. The first-order chi connectivity index (χ1) is 25.8. The van der Waals surface area contributed by atoms with Gasteiger partial charge in [-0.2, -0.15) is 0 Å². The van der Waals surface area contributed by atoms with Crippen LogP contribution in [0.4, 0.5) is 0 Å². The van der Waals surface area contributed by atoms with Crippen LogP contribution >= 0.6 is 0 Å². The normalized spacial score (nSPS) is 20.1. The summed E-state index contributed by atoms with van der Waals surface area (Å²) >= 11 is 0. The maximum atomic E-state index is 12.6. The zero-order chi connectivity index (χ0) is 43.7. The van der Waals surface area contributed by atoms with Crippen molar-refractivity contribution in [3.05, 3.63) is 36.5 Å². The Morgan fingerprint density at radius 2 is 0.614 bits per heavy atom. The number of amides is 6. The van der Waals surface area contributed by atoms with Crippen molar-refractivity contribution in [2.45, 2.75) is 170 Å². The van der Waals surface area contributed by atoms with E-state index in [-0.39, 0.29) is 53.2 Å². The van der Waals surface area contributed by atoms with Crippen molar-refractivity contribution in [2.24, 2.45) is 23.2 Å². The number of ether oxygens (including phenoxy) is 3. The first kappa shape index (κ1) is 47.9. The molecule has 3 aliphatic rings. The third kappa shape index (κ3) is 11.0. The monoisotopic (exact) mass is 798 g/mol. The Kier molecular flexibility index (Phi) is 14.3. The van der Waals surface area contributed by atoms with Crippen LogP contribution in [-0.4, -0.2) is 103 Å². The SMILES string of the molecule is CCC(CC(C)(C)OCC(C)C(C)(C)N1C(=O)C=CC1=O)(CC(C)(C)OCC(C)C(C)(C)N1C(=O)C=CC1=O)CC(C)(C)OCC(C)C(C)(C)N1C(=O)C=CC1=O. The van der Waals surface area contributed by atoms with E-state index in [4.69, 9.17) is 14.2 Å². The average molecular weight is 798 g/mol. The summed E-state index contributed by atoms with van der Waals surface area (Å²) in [5, 5.41) is 0. The Morgan fingerprint density at radius 3 is 0.789 bits per heavy atom. The molecule has 57 heavy (non-hydrogen) atoms. The molecule has 0 saturated carbocycles. The fraction of sp³-hybridized carbons (Fsp3) is 0.733. The Labute approximate surface area is 341 Å². The molecular weight excluding hydrogens is 727 g/mol. The molecule has 3 heterocycles. The molecule has 320 valence electrons. The molecule has 0 aromatic carbocycles. The van der Waals surface area contributed by atoms with Crippen LogP contribution < -0.4 is 0 Å². The van der Waals surface area contributed by atoms with Gasteiger partial charge in [0.1, 0.15) is 0 Å². The van der Waals surface area contributed by atoms with Crippen LogP contribution in [-0.2, 0) is 43.0 Å². The Balaban J connectivity index is 1.86. The smallest absolute Gasteiger partial charge is 0.254 e. The summed E-state index contributed by atoms with van der Waals surface area (Å²) in [7, 11) is 0. The minimum absolute atomic E-state index is 0.177. The van der Waals surface area contributed by atoms with Crippen molar-refractivity contribution in [2.75, 3.05) is 19.8 Å². The molecule has 0 aromatic heterocycles. The number of imide groups is 3. The number of carbonyl (C=O) groups excluding carboxylic acids is 6. The topological polar surface area (TPSA) is 140 Å². The van der Waals surface area contributed by atoms with Gasteiger partial charge in [-0.05, 0) is 108 Å². The Bertz CT molecular complexity index is 1420. The molecule has 12 heteroatoms. The highest BCUT2D eigenvalue weighted by atomic mass is 16.5. The van der Waals surface area contributed by atoms with Crippen LogP contribution in [0.25, 0.3) is 0 Å². The van der Waals surface area contributed by atoms with Gasteiger partial charge in [0.2, 0.25) is 0 Å². The van der Waals surface area contributed by atoms with Crippen LogP contribution in [0, 0.1) is 23.2 Å². The van der Waals surface area contributed by atoms with Gasteiger partial charge in [0.25, 0.3) is 35.4 Å². The van der Waals surface area contributed by atoms with Gasteiger partial charge >= 0.3 is 0 Å². The lowest BCUT2D eigenvalue weighted by Gasteiger charge is -2.48. The molecule has 0 radical (unpaired) electrons. The van der Waals surface area contributed by atoms with Crippen LogP contribution in [0.2, 0.25) is 0 Å². The predicted molar refractivity (Wildman–Crippen MR) is 219 cm³/mol. The maximum absolute atomic E-state index is 12.6. The summed E-state index contributed by atoms with van der Waals surface area (Å²) in [5.74, 6) is -2.49. The van der Waals surface area contributed by atoms with E-state index in [1.54, 1.807) is 0 Å². The highest BCUT2D eigenvalue weighted by Crippen LogP contribution is 2.48. The van der Waals surface area contributed by atoms with E-state index in [0.717, 1.165) is 6.42 Å². The van der Waals surface area contributed by atoms with Crippen molar-refractivity contribution < 1.29 is 43.0 Å². The van der Waals surface area contributed by atoms with Gasteiger partial charge in [-0.3, -0.25) is 43.5 Å². The molecule has 0 fully saturated rings. The Hall–Kier alpha value is -3.48. The minimum Gasteiger partial charge on any atom is -0.375 e. The summed E-state index contributed by atoms with van der Waals surface area (Å²) < 4.78 is 20.2. The summed E-state index contributed by atoms with van der Waals surface area (Å²) in [6.07, 6.45) is 10.5. The second-order valence-corrected chi connectivity index (χ2v) is 20.3. The molecule has 3 atom stereocenters. The van der Waals surface area contributed by atoms with E-state index in [1.807, 2.05) is 62.3 Å².